The number of hydrogen-bond acceptors (Lipinski definition) is 1. The Morgan fingerprint density at radius 2 is 1.95 bits per heavy atom. The van der Waals surface area contributed by atoms with Gasteiger partial charge in [0.1, 0.15) is 0 Å². The fourth-order valence-corrected chi connectivity index (χ4v) is 3.43. The Morgan fingerprint density at radius 1 is 1.25 bits per heavy atom. The molecule has 2 heteroatoms. The molecule has 0 unspecified atom stereocenters. The zero-order valence-corrected chi connectivity index (χ0v) is 13.9. The van der Waals surface area contributed by atoms with Crippen molar-refractivity contribution < 1.29 is 0 Å². The third-order valence-corrected chi connectivity index (χ3v) is 4.69. The van der Waals surface area contributed by atoms with Crippen LogP contribution in [0.5, 0.6) is 0 Å². The average Bonchev–Trinajstić information content (AvgIpc) is 2.94. The molecule has 0 amide bonds. The molecule has 0 heterocycles. The minimum Gasteiger partial charge on any atom is -0.368 e. The monoisotopic (exact) mass is 293 g/mol. The first-order chi connectivity index (χ1) is 9.61. The second-order valence-electron chi connectivity index (χ2n) is 6.58. The van der Waals surface area contributed by atoms with Crippen LogP contribution in [0.2, 0.25) is 0 Å². The summed E-state index contributed by atoms with van der Waals surface area (Å²) in [4.78, 5) is 2.64. The minimum atomic E-state index is 0.613. The molecule has 112 valence electrons. The lowest BCUT2D eigenvalue weighted by molar-refractivity contribution is 0.527. The summed E-state index contributed by atoms with van der Waals surface area (Å²) >= 11 is 6.19. The molecule has 0 radical (unpaired) electrons. The minimum absolute atomic E-state index is 0.613. The summed E-state index contributed by atoms with van der Waals surface area (Å²) in [6.45, 7) is 7.93. The highest BCUT2D eigenvalue weighted by Crippen LogP contribution is 2.32. The molecule has 0 saturated heterocycles. The van der Waals surface area contributed by atoms with Gasteiger partial charge in [-0.2, -0.15) is 0 Å². The highest BCUT2D eigenvalue weighted by Gasteiger charge is 2.24. The molecule has 0 N–H and O–H groups in total. The lowest BCUT2D eigenvalue weighted by atomic mass is 10.0. The van der Waals surface area contributed by atoms with Gasteiger partial charge in [0, 0.05) is 24.2 Å². The molecule has 0 bridgehead atoms. The van der Waals surface area contributed by atoms with Gasteiger partial charge in [0.15, 0.2) is 0 Å². The van der Waals surface area contributed by atoms with E-state index >= 15 is 0 Å². The SMILES string of the molecule is Cc1ccc(N(CCC(C)C)C2CCCC2)c(CCl)c1. The number of alkyl halides is 1. The molecule has 1 aromatic rings. The topological polar surface area (TPSA) is 3.24 Å². The first kappa shape index (κ1) is 15.7. The molecule has 1 nitrogen and oxygen atoms in total. The molecule has 1 aliphatic carbocycles. The number of aryl methyl sites for hydroxylation is 1. The predicted molar refractivity (Wildman–Crippen MR) is 89.8 cm³/mol. The molecule has 0 aliphatic heterocycles. The quantitative estimate of drug-likeness (QED) is 0.623. The predicted octanol–water partition coefficient (Wildman–Crippen LogP) is 5.53. The molecule has 0 spiro atoms. The smallest absolute Gasteiger partial charge is 0.0494 e. The zero-order chi connectivity index (χ0) is 14.5. The van der Waals surface area contributed by atoms with Gasteiger partial charge in [-0.3, -0.25) is 0 Å². The van der Waals surface area contributed by atoms with Crippen LogP contribution in [0.3, 0.4) is 0 Å². The van der Waals surface area contributed by atoms with E-state index in [0.717, 1.165) is 18.5 Å². The van der Waals surface area contributed by atoms with Gasteiger partial charge in [0.2, 0.25) is 0 Å². The van der Waals surface area contributed by atoms with E-state index in [1.165, 1.54) is 48.9 Å². The normalized spacial score (nSPS) is 16.1. The third-order valence-electron chi connectivity index (χ3n) is 4.40. The van der Waals surface area contributed by atoms with Crippen LogP contribution < -0.4 is 4.90 Å². The Morgan fingerprint density at radius 3 is 2.55 bits per heavy atom. The summed E-state index contributed by atoms with van der Waals surface area (Å²) in [7, 11) is 0. The number of benzene rings is 1. The van der Waals surface area contributed by atoms with E-state index in [1.54, 1.807) is 0 Å². The van der Waals surface area contributed by atoms with Gasteiger partial charge in [-0.1, -0.05) is 44.4 Å². The van der Waals surface area contributed by atoms with Crippen LogP contribution in [-0.4, -0.2) is 12.6 Å². The molecule has 0 atom stereocenters. The molecular weight excluding hydrogens is 266 g/mol. The molecule has 1 aromatic carbocycles. The van der Waals surface area contributed by atoms with Gasteiger partial charge >= 0.3 is 0 Å². The maximum Gasteiger partial charge on any atom is 0.0494 e. The Balaban J connectivity index is 2.24. The Kier molecular flexibility index (Phi) is 5.77. The molecule has 0 aromatic heterocycles. The first-order valence-corrected chi connectivity index (χ1v) is 8.57. The van der Waals surface area contributed by atoms with Crippen LogP contribution in [0.15, 0.2) is 18.2 Å². The maximum absolute atomic E-state index is 6.19. The van der Waals surface area contributed by atoms with E-state index in [1.807, 2.05) is 0 Å². The van der Waals surface area contributed by atoms with E-state index in [2.05, 4.69) is 43.9 Å². The van der Waals surface area contributed by atoms with Crippen molar-refractivity contribution in [2.45, 2.75) is 64.8 Å². The van der Waals surface area contributed by atoms with Crippen molar-refractivity contribution in [1.29, 1.82) is 0 Å². The van der Waals surface area contributed by atoms with Gasteiger partial charge in [0.25, 0.3) is 0 Å². The fourth-order valence-electron chi connectivity index (χ4n) is 3.21. The van der Waals surface area contributed by atoms with Crippen molar-refractivity contribution in [1.82, 2.24) is 0 Å². The Hall–Kier alpha value is -0.690. The standard InChI is InChI=1S/C18H28ClN/c1-14(2)10-11-20(17-6-4-5-7-17)18-9-8-15(3)12-16(18)13-19/h8-9,12,14,17H,4-7,10-11,13H2,1-3H3. The summed E-state index contributed by atoms with van der Waals surface area (Å²) in [6, 6.07) is 7.48. The average molecular weight is 294 g/mol. The van der Waals surface area contributed by atoms with Crippen molar-refractivity contribution in [3.8, 4) is 0 Å². The Labute approximate surface area is 129 Å². The van der Waals surface area contributed by atoms with Crippen molar-refractivity contribution in [3.05, 3.63) is 29.3 Å². The lowest BCUT2D eigenvalue weighted by Gasteiger charge is -2.33. The molecular formula is C18H28ClN. The van der Waals surface area contributed by atoms with Gasteiger partial charge in [-0.05, 0) is 43.7 Å². The van der Waals surface area contributed by atoms with Gasteiger partial charge in [-0.25, -0.2) is 0 Å². The first-order valence-electron chi connectivity index (χ1n) is 8.04. The Bertz CT molecular complexity index is 421. The van der Waals surface area contributed by atoms with E-state index in [4.69, 9.17) is 11.6 Å². The highest BCUT2D eigenvalue weighted by atomic mass is 35.5. The molecule has 2 rings (SSSR count). The molecule has 1 aliphatic rings. The molecule has 1 saturated carbocycles. The van der Waals surface area contributed by atoms with Crippen molar-refractivity contribution in [3.63, 3.8) is 0 Å². The van der Waals surface area contributed by atoms with E-state index in [0.29, 0.717) is 5.88 Å². The number of nitrogens with zero attached hydrogens (tertiary/aromatic N) is 1. The molecule has 20 heavy (non-hydrogen) atoms. The van der Waals surface area contributed by atoms with Crippen LogP contribution in [0.25, 0.3) is 0 Å². The summed E-state index contributed by atoms with van der Waals surface area (Å²) in [5, 5.41) is 0. The number of halogens is 1. The molecule has 1 fully saturated rings. The van der Waals surface area contributed by atoms with Gasteiger partial charge in [0.05, 0.1) is 0 Å². The summed E-state index contributed by atoms with van der Waals surface area (Å²) in [6.07, 6.45) is 6.70. The van der Waals surface area contributed by atoms with Crippen LogP contribution in [-0.2, 0) is 5.88 Å². The second kappa shape index (κ2) is 7.36. The van der Waals surface area contributed by atoms with E-state index in [-0.39, 0.29) is 0 Å². The van der Waals surface area contributed by atoms with Crippen molar-refractivity contribution in [2.24, 2.45) is 5.92 Å². The van der Waals surface area contributed by atoms with Gasteiger partial charge in [-0.15, -0.1) is 11.6 Å². The van der Waals surface area contributed by atoms with Crippen LogP contribution in [0, 0.1) is 12.8 Å². The summed E-state index contributed by atoms with van der Waals surface area (Å²) < 4.78 is 0. The van der Waals surface area contributed by atoms with Crippen LogP contribution in [0.1, 0.15) is 57.1 Å². The van der Waals surface area contributed by atoms with Crippen molar-refractivity contribution in [2.75, 3.05) is 11.4 Å². The highest BCUT2D eigenvalue weighted by molar-refractivity contribution is 6.17. The third kappa shape index (κ3) is 3.91. The van der Waals surface area contributed by atoms with Gasteiger partial charge < -0.3 is 4.90 Å². The van der Waals surface area contributed by atoms with Crippen molar-refractivity contribution >= 4 is 17.3 Å². The van der Waals surface area contributed by atoms with Crippen LogP contribution in [0.4, 0.5) is 5.69 Å². The largest absolute Gasteiger partial charge is 0.368 e. The van der Waals surface area contributed by atoms with Crippen LogP contribution >= 0.6 is 11.6 Å². The number of hydrogen-bond donors (Lipinski definition) is 0. The summed E-state index contributed by atoms with van der Waals surface area (Å²) in [5.74, 6) is 1.37. The van der Waals surface area contributed by atoms with E-state index < -0.39 is 0 Å². The number of anilines is 1. The summed E-state index contributed by atoms with van der Waals surface area (Å²) in [5.41, 5.74) is 3.97. The number of rotatable bonds is 6. The maximum atomic E-state index is 6.19. The second-order valence-corrected chi connectivity index (χ2v) is 6.85. The van der Waals surface area contributed by atoms with E-state index in [9.17, 15) is 0 Å². The fraction of sp³-hybridized carbons (Fsp3) is 0.667. The zero-order valence-electron chi connectivity index (χ0n) is 13.2. The lowest BCUT2D eigenvalue weighted by Crippen LogP contribution is -2.35.